The van der Waals surface area contributed by atoms with Crippen LogP contribution in [-0.2, 0) is 16.1 Å². The lowest BCUT2D eigenvalue weighted by atomic mass is 9.58. The third-order valence-electron chi connectivity index (χ3n) is 6.69. The molecule has 0 spiro atoms. The standard InChI is InChI=1S/C27H31NO3S/c1-4-22(17(2)3)24-16-32-25-10-5-18(11-23(24)25)15-31-21-8-6-19(7-9-21)27(14-26(29)30)12-20(28)13-27/h4-6,8,10-11,16,20H,2,7,9,12-15,28H2,1,3H3,(H,29,30)/b22-4+. The summed E-state index contributed by atoms with van der Waals surface area (Å²) in [7, 11) is 0. The van der Waals surface area contributed by atoms with Gasteiger partial charge in [0.25, 0.3) is 0 Å². The van der Waals surface area contributed by atoms with Crippen LogP contribution in [-0.4, -0.2) is 17.1 Å². The number of allylic oxidation sites excluding steroid dienone is 7. The van der Waals surface area contributed by atoms with Crippen molar-refractivity contribution in [1.29, 1.82) is 0 Å². The lowest BCUT2D eigenvalue weighted by molar-refractivity contribution is -0.140. The monoisotopic (exact) mass is 449 g/mol. The molecule has 2 aliphatic rings. The van der Waals surface area contributed by atoms with Crippen molar-refractivity contribution in [2.45, 2.75) is 58.6 Å². The van der Waals surface area contributed by atoms with Gasteiger partial charge in [-0.15, -0.1) is 11.3 Å². The molecule has 1 aromatic carbocycles. The Bertz CT molecular complexity index is 1140. The summed E-state index contributed by atoms with van der Waals surface area (Å²) in [5.41, 5.74) is 11.6. The largest absolute Gasteiger partial charge is 0.493 e. The van der Waals surface area contributed by atoms with Gasteiger partial charge in [-0.05, 0) is 67.8 Å². The second kappa shape index (κ2) is 9.08. The second-order valence-corrected chi connectivity index (χ2v) is 10.0. The molecule has 1 aromatic heterocycles. The van der Waals surface area contributed by atoms with Crippen LogP contribution in [0.15, 0.2) is 65.3 Å². The highest BCUT2D eigenvalue weighted by Crippen LogP contribution is 2.51. The summed E-state index contributed by atoms with van der Waals surface area (Å²) in [6.07, 6.45) is 9.52. The molecular weight excluding hydrogens is 418 g/mol. The predicted octanol–water partition coefficient (Wildman–Crippen LogP) is 6.58. The number of carboxylic acid groups (broad SMARTS) is 1. The maximum atomic E-state index is 11.4. The fourth-order valence-corrected chi connectivity index (χ4v) is 6.06. The van der Waals surface area contributed by atoms with Gasteiger partial charge in [0.15, 0.2) is 0 Å². The number of hydrogen-bond acceptors (Lipinski definition) is 4. The number of rotatable bonds is 8. The van der Waals surface area contributed by atoms with Crippen molar-refractivity contribution in [3.05, 3.63) is 76.4 Å². The molecule has 3 N–H and O–H groups in total. The minimum absolute atomic E-state index is 0.113. The molecule has 4 nitrogen and oxygen atoms in total. The highest BCUT2D eigenvalue weighted by atomic mass is 32.1. The summed E-state index contributed by atoms with van der Waals surface area (Å²) in [4.78, 5) is 11.4. The molecule has 2 aromatic rings. The van der Waals surface area contributed by atoms with E-state index < -0.39 is 5.97 Å². The van der Waals surface area contributed by atoms with Crippen LogP contribution in [0.3, 0.4) is 0 Å². The van der Waals surface area contributed by atoms with Crippen molar-refractivity contribution < 1.29 is 14.6 Å². The third kappa shape index (κ3) is 4.45. The number of thiophene rings is 1. The van der Waals surface area contributed by atoms with Crippen LogP contribution in [0.25, 0.3) is 15.7 Å². The van der Waals surface area contributed by atoms with Gasteiger partial charge < -0.3 is 15.6 Å². The average molecular weight is 450 g/mol. The zero-order valence-electron chi connectivity index (χ0n) is 18.8. The third-order valence-corrected chi connectivity index (χ3v) is 7.65. The van der Waals surface area contributed by atoms with Crippen molar-refractivity contribution in [3.8, 4) is 0 Å². The molecule has 1 fully saturated rings. The predicted molar refractivity (Wildman–Crippen MR) is 132 cm³/mol. The van der Waals surface area contributed by atoms with Crippen LogP contribution in [0.4, 0.5) is 0 Å². The highest BCUT2D eigenvalue weighted by Gasteiger charge is 2.46. The van der Waals surface area contributed by atoms with Crippen LogP contribution >= 0.6 is 11.3 Å². The number of nitrogens with two attached hydrogens (primary N) is 1. The molecule has 0 amide bonds. The number of fused-ring (bicyclic) bond motifs is 1. The van der Waals surface area contributed by atoms with Crippen LogP contribution in [0.2, 0.25) is 0 Å². The molecule has 0 bridgehead atoms. The summed E-state index contributed by atoms with van der Waals surface area (Å²) in [6, 6.07) is 6.62. The van der Waals surface area contributed by atoms with Gasteiger partial charge >= 0.3 is 5.97 Å². The molecule has 168 valence electrons. The lowest BCUT2D eigenvalue weighted by Gasteiger charge is -2.48. The number of benzene rings is 1. The van der Waals surface area contributed by atoms with Crippen molar-refractivity contribution in [3.63, 3.8) is 0 Å². The number of hydrogen-bond donors (Lipinski definition) is 2. The topological polar surface area (TPSA) is 72.5 Å². The van der Waals surface area contributed by atoms with Gasteiger partial charge in [-0.25, -0.2) is 0 Å². The highest BCUT2D eigenvalue weighted by molar-refractivity contribution is 7.17. The van der Waals surface area contributed by atoms with Gasteiger partial charge in [-0.2, -0.15) is 0 Å². The first-order valence-corrected chi connectivity index (χ1v) is 12.0. The summed E-state index contributed by atoms with van der Waals surface area (Å²) in [6.45, 7) is 8.73. The Hall–Kier alpha value is -2.63. The van der Waals surface area contributed by atoms with Gasteiger partial charge in [0.1, 0.15) is 6.61 Å². The summed E-state index contributed by atoms with van der Waals surface area (Å²) in [5, 5.41) is 12.8. The molecule has 0 radical (unpaired) electrons. The fraction of sp³-hybridized carbons (Fsp3) is 0.370. The number of carbonyl (C=O) groups is 1. The first-order chi connectivity index (χ1) is 15.3. The van der Waals surface area contributed by atoms with E-state index in [0.29, 0.717) is 6.61 Å². The number of carboxylic acids is 1. The van der Waals surface area contributed by atoms with Gasteiger partial charge in [0.05, 0.1) is 12.2 Å². The van der Waals surface area contributed by atoms with E-state index in [1.54, 1.807) is 11.3 Å². The van der Waals surface area contributed by atoms with Crippen molar-refractivity contribution in [2.24, 2.45) is 11.1 Å². The number of ether oxygens (including phenoxy) is 1. The van der Waals surface area contributed by atoms with Crippen LogP contribution < -0.4 is 5.73 Å². The Morgan fingerprint density at radius 3 is 2.72 bits per heavy atom. The molecule has 0 atom stereocenters. The lowest BCUT2D eigenvalue weighted by Crippen LogP contribution is -2.48. The Morgan fingerprint density at radius 2 is 2.12 bits per heavy atom. The minimum Gasteiger partial charge on any atom is -0.493 e. The second-order valence-electron chi connectivity index (χ2n) is 9.10. The molecule has 5 heteroatoms. The van der Waals surface area contributed by atoms with Crippen LogP contribution in [0.1, 0.15) is 57.1 Å². The van der Waals surface area contributed by atoms with E-state index in [4.69, 9.17) is 10.5 Å². The van der Waals surface area contributed by atoms with E-state index in [1.165, 1.54) is 26.8 Å². The minimum atomic E-state index is -0.750. The average Bonchev–Trinajstić information content (AvgIpc) is 3.14. The van der Waals surface area contributed by atoms with Gasteiger partial charge in [-0.1, -0.05) is 35.9 Å². The van der Waals surface area contributed by atoms with E-state index in [-0.39, 0.29) is 17.9 Å². The zero-order chi connectivity index (χ0) is 22.9. The van der Waals surface area contributed by atoms with Crippen molar-refractivity contribution in [2.75, 3.05) is 0 Å². The van der Waals surface area contributed by atoms with Crippen molar-refractivity contribution >= 4 is 33.0 Å². The normalized spacial score (nSPS) is 23.3. The molecule has 1 heterocycles. The van der Waals surface area contributed by atoms with E-state index in [0.717, 1.165) is 42.6 Å². The Morgan fingerprint density at radius 1 is 1.34 bits per heavy atom. The maximum Gasteiger partial charge on any atom is 0.304 e. The zero-order valence-corrected chi connectivity index (χ0v) is 19.6. The molecule has 32 heavy (non-hydrogen) atoms. The molecule has 1 saturated carbocycles. The summed E-state index contributed by atoms with van der Waals surface area (Å²) < 4.78 is 7.39. The van der Waals surface area contributed by atoms with Crippen LogP contribution in [0.5, 0.6) is 0 Å². The molecule has 0 unspecified atom stereocenters. The van der Waals surface area contributed by atoms with Gasteiger partial charge in [0, 0.05) is 33.5 Å². The molecule has 2 aliphatic carbocycles. The summed E-state index contributed by atoms with van der Waals surface area (Å²) >= 11 is 1.75. The van der Waals surface area contributed by atoms with Crippen LogP contribution in [0, 0.1) is 5.41 Å². The SMILES string of the molecule is C=C(C)/C(=C\C)c1csc2ccc(COC3=CC=C(C4(CC(=O)O)CC(N)C4)CC3)cc12. The van der Waals surface area contributed by atoms with Gasteiger partial charge in [-0.3, -0.25) is 4.79 Å². The Labute approximate surface area is 193 Å². The molecule has 0 saturated heterocycles. The van der Waals surface area contributed by atoms with E-state index in [2.05, 4.69) is 49.2 Å². The quantitative estimate of drug-likeness (QED) is 0.446. The number of aliphatic carboxylic acids is 1. The maximum absolute atomic E-state index is 11.4. The Kier molecular flexibility index (Phi) is 6.40. The first kappa shape index (κ1) is 22.6. The van der Waals surface area contributed by atoms with E-state index >= 15 is 0 Å². The fourth-order valence-electron chi connectivity index (χ4n) is 5.12. The summed E-state index contributed by atoms with van der Waals surface area (Å²) in [5.74, 6) is 0.198. The van der Waals surface area contributed by atoms with Gasteiger partial charge in [0.2, 0.25) is 0 Å². The Balaban J connectivity index is 1.47. The first-order valence-electron chi connectivity index (χ1n) is 11.1. The smallest absolute Gasteiger partial charge is 0.304 e. The molecule has 0 aliphatic heterocycles. The molecular formula is C27H31NO3S. The molecule has 4 rings (SSSR count). The van der Waals surface area contributed by atoms with Crippen molar-refractivity contribution in [1.82, 2.24) is 0 Å². The van der Waals surface area contributed by atoms with E-state index in [9.17, 15) is 9.90 Å². The van der Waals surface area contributed by atoms with E-state index in [1.807, 2.05) is 13.0 Å².